The van der Waals surface area contributed by atoms with Crippen molar-refractivity contribution in [3.8, 4) is 0 Å². The van der Waals surface area contributed by atoms with Crippen LogP contribution in [0, 0.1) is 6.92 Å². The number of piperidine rings is 1. The van der Waals surface area contributed by atoms with Gasteiger partial charge in [-0.3, -0.25) is 14.7 Å². The Morgan fingerprint density at radius 1 is 1.26 bits per heavy atom. The molecule has 3 aromatic rings. The normalized spacial score (nSPS) is 16.7. The van der Waals surface area contributed by atoms with E-state index in [0.29, 0.717) is 6.54 Å². The van der Waals surface area contributed by atoms with E-state index in [-0.39, 0.29) is 11.5 Å². The minimum Gasteiger partial charge on any atom is -0.355 e. The Bertz CT molecular complexity index is 1280. The molecule has 0 N–H and O–H groups in total. The number of nitrogens with zero attached hydrogens (tertiary/aromatic N) is 5. The number of hydrogen-bond acceptors (Lipinski definition) is 4. The first kappa shape index (κ1) is 23.6. The molecule has 34 heavy (non-hydrogen) atoms. The van der Waals surface area contributed by atoms with Crippen molar-refractivity contribution in [2.24, 2.45) is 12.0 Å². The molecule has 6 heteroatoms. The smallest absolute Gasteiger partial charge is 0.193 e. The number of pyridine rings is 2. The van der Waals surface area contributed by atoms with Crippen LogP contribution in [0.2, 0.25) is 0 Å². The van der Waals surface area contributed by atoms with Crippen LogP contribution in [0.15, 0.2) is 84.0 Å². The average Bonchev–Trinajstić information content (AvgIpc) is 2.85. The van der Waals surface area contributed by atoms with Crippen LogP contribution in [0.1, 0.15) is 29.7 Å². The lowest BCUT2D eigenvalue weighted by Gasteiger charge is -2.40. The Kier molecular flexibility index (Phi) is 7.38. The van der Waals surface area contributed by atoms with Gasteiger partial charge in [0.2, 0.25) is 0 Å². The molecule has 0 spiro atoms. The Labute approximate surface area is 201 Å². The molecule has 3 heterocycles. The number of aromatic nitrogens is 2. The molecular weight excluding hydrogens is 422 g/mol. The van der Waals surface area contributed by atoms with Gasteiger partial charge in [0, 0.05) is 74.5 Å². The molecule has 0 amide bonds. The van der Waals surface area contributed by atoms with Crippen molar-refractivity contribution in [2.75, 3.05) is 13.1 Å². The van der Waals surface area contributed by atoms with E-state index >= 15 is 0 Å². The maximum absolute atomic E-state index is 13.4. The van der Waals surface area contributed by atoms with E-state index in [0.717, 1.165) is 60.5 Å². The van der Waals surface area contributed by atoms with Crippen LogP contribution in [0.3, 0.4) is 0 Å². The summed E-state index contributed by atoms with van der Waals surface area (Å²) < 4.78 is 2.06. The molecule has 4 rings (SSSR count). The first-order chi connectivity index (χ1) is 16.5. The summed E-state index contributed by atoms with van der Waals surface area (Å²) in [5, 5.41) is 0.763. The van der Waals surface area contributed by atoms with Crippen molar-refractivity contribution in [3.05, 3.63) is 101 Å². The van der Waals surface area contributed by atoms with Crippen LogP contribution in [-0.2, 0) is 20.1 Å². The monoisotopic (exact) mass is 455 g/mol. The number of likely N-dealkylation sites (tertiary alicyclic amines) is 1. The minimum atomic E-state index is 0.109. The summed E-state index contributed by atoms with van der Waals surface area (Å²) >= 11 is 0. The molecule has 6 nitrogen and oxygen atoms in total. The molecule has 1 fully saturated rings. The van der Waals surface area contributed by atoms with E-state index in [2.05, 4.69) is 49.6 Å². The van der Waals surface area contributed by atoms with Crippen molar-refractivity contribution in [1.82, 2.24) is 19.4 Å². The van der Waals surface area contributed by atoms with Crippen molar-refractivity contribution < 1.29 is 0 Å². The second kappa shape index (κ2) is 10.6. The molecule has 0 saturated carbocycles. The molecule has 1 saturated heterocycles. The van der Waals surface area contributed by atoms with E-state index in [4.69, 9.17) is 0 Å². The van der Waals surface area contributed by atoms with Gasteiger partial charge >= 0.3 is 0 Å². The first-order valence-electron chi connectivity index (χ1n) is 11.8. The predicted octanol–water partition coefficient (Wildman–Crippen LogP) is 4.44. The largest absolute Gasteiger partial charge is 0.355 e. The van der Waals surface area contributed by atoms with Crippen LogP contribution in [-0.4, -0.2) is 44.3 Å². The molecular formula is C28H33N5O. The summed E-state index contributed by atoms with van der Waals surface area (Å²) in [6.07, 6.45) is 9.32. The van der Waals surface area contributed by atoms with Crippen LogP contribution < -0.4 is 5.43 Å². The SMILES string of the molecule is C=CN=C(C=C)N1CCC[C@H](N(Cc2ccnc(C)c2)Cc2cn(C)c3ccccc3c2=O)C1. The van der Waals surface area contributed by atoms with Gasteiger partial charge < -0.3 is 9.47 Å². The fraction of sp³-hybridized carbons (Fsp3) is 0.321. The van der Waals surface area contributed by atoms with E-state index in [1.54, 1.807) is 12.3 Å². The highest BCUT2D eigenvalue weighted by Gasteiger charge is 2.27. The van der Waals surface area contributed by atoms with Crippen molar-refractivity contribution in [1.29, 1.82) is 0 Å². The molecule has 0 bridgehead atoms. The third-order valence-electron chi connectivity index (χ3n) is 6.53. The highest BCUT2D eigenvalue weighted by atomic mass is 16.1. The number of para-hydroxylation sites is 1. The topological polar surface area (TPSA) is 53.7 Å². The molecule has 1 atom stereocenters. The Morgan fingerprint density at radius 3 is 2.85 bits per heavy atom. The highest BCUT2D eigenvalue weighted by Crippen LogP contribution is 2.22. The fourth-order valence-corrected chi connectivity index (χ4v) is 4.91. The zero-order valence-corrected chi connectivity index (χ0v) is 20.2. The molecule has 2 aromatic heterocycles. The van der Waals surface area contributed by atoms with Crippen molar-refractivity contribution in [3.63, 3.8) is 0 Å². The van der Waals surface area contributed by atoms with Gasteiger partial charge in [-0.1, -0.05) is 25.3 Å². The third kappa shape index (κ3) is 5.18. The average molecular weight is 456 g/mol. The molecule has 1 aromatic carbocycles. The lowest BCUT2D eigenvalue weighted by Crippen LogP contribution is -2.49. The quantitative estimate of drug-likeness (QED) is 0.391. The maximum Gasteiger partial charge on any atom is 0.193 e. The van der Waals surface area contributed by atoms with Gasteiger partial charge in [0.05, 0.1) is 5.52 Å². The number of rotatable bonds is 7. The van der Waals surface area contributed by atoms with E-state index in [1.165, 1.54) is 5.56 Å². The van der Waals surface area contributed by atoms with E-state index < -0.39 is 0 Å². The first-order valence-corrected chi connectivity index (χ1v) is 11.8. The van der Waals surface area contributed by atoms with Crippen LogP contribution >= 0.6 is 0 Å². The van der Waals surface area contributed by atoms with Gasteiger partial charge in [0.25, 0.3) is 0 Å². The predicted molar refractivity (Wildman–Crippen MR) is 140 cm³/mol. The standard InChI is InChI=1S/C28H33N5O/c1-5-27(29-6-2)32-15-9-10-24(20-32)33(17-22-13-14-30-21(3)16-22)19-23-18-31(4)26-12-8-7-11-25(26)28(23)34/h5-8,11-14,16,18,24H,1-2,9-10,15,17,19-20H2,3-4H3/t24-/m0/s1. The molecule has 0 aliphatic carbocycles. The van der Waals surface area contributed by atoms with Gasteiger partial charge in [0.1, 0.15) is 5.84 Å². The van der Waals surface area contributed by atoms with Gasteiger partial charge in [-0.2, -0.15) is 0 Å². The van der Waals surface area contributed by atoms with Crippen LogP contribution in [0.25, 0.3) is 10.9 Å². The van der Waals surface area contributed by atoms with Crippen LogP contribution in [0.5, 0.6) is 0 Å². The highest BCUT2D eigenvalue weighted by molar-refractivity contribution is 5.93. The number of benzene rings is 1. The number of aryl methyl sites for hydroxylation is 2. The summed E-state index contributed by atoms with van der Waals surface area (Å²) in [4.78, 5) is 26.9. The van der Waals surface area contributed by atoms with Gasteiger partial charge in [-0.15, -0.1) is 0 Å². The number of amidine groups is 1. The van der Waals surface area contributed by atoms with Crippen molar-refractivity contribution in [2.45, 2.75) is 38.9 Å². The summed E-state index contributed by atoms with van der Waals surface area (Å²) in [5.41, 5.74) is 4.07. The number of hydrogen-bond donors (Lipinski definition) is 0. The summed E-state index contributed by atoms with van der Waals surface area (Å²) in [7, 11) is 2.01. The van der Waals surface area contributed by atoms with Crippen molar-refractivity contribution >= 4 is 16.7 Å². The van der Waals surface area contributed by atoms with Gasteiger partial charge in [-0.05, 0) is 55.7 Å². The minimum absolute atomic E-state index is 0.109. The molecule has 0 radical (unpaired) electrons. The summed E-state index contributed by atoms with van der Waals surface area (Å²) in [6.45, 7) is 12.8. The summed E-state index contributed by atoms with van der Waals surface area (Å²) in [6, 6.07) is 12.3. The lowest BCUT2D eigenvalue weighted by atomic mass is 10.0. The van der Waals surface area contributed by atoms with E-state index in [1.807, 2.05) is 50.6 Å². The molecule has 1 aliphatic rings. The third-order valence-corrected chi connectivity index (χ3v) is 6.53. The maximum atomic E-state index is 13.4. The Balaban J connectivity index is 1.69. The summed E-state index contributed by atoms with van der Waals surface area (Å²) in [5.74, 6) is 0.848. The second-order valence-corrected chi connectivity index (χ2v) is 8.94. The zero-order valence-electron chi connectivity index (χ0n) is 20.2. The molecule has 0 unspecified atom stereocenters. The molecule has 1 aliphatic heterocycles. The van der Waals surface area contributed by atoms with Gasteiger partial charge in [0.15, 0.2) is 5.43 Å². The Morgan fingerprint density at radius 2 is 2.09 bits per heavy atom. The lowest BCUT2D eigenvalue weighted by molar-refractivity contribution is 0.116. The number of fused-ring (bicyclic) bond motifs is 1. The number of aliphatic imine (C=N–C) groups is 1. The van der Waals surface area contributed by atoms with Gasteiger partial charge in [-0.25, -0.2) is 4.99 Å². The zero-order chi connectivity index (χ0) is 24.1. The van der Waals surface area contributed by atoms with E-state index in [9.17, 15) is 4.79 Å². The second-order valence-electron chi connectivity index (χ2n) is 8.94. The fourth-order valence-electron chi connectivity index (χ4n) is 4.91. The Hall–Kier alpha value is -3.51. The molecule has 176 valence electrons. The van der Waals surface area contributed by atoms with Crippen LogP contribution in [0.4, 0.5) is 0 Å².